The molecule has 0 bridgehead atoms. The van der Waals surface area contributed by atoms with Crippen LogP contribution in [0, 0.1) is 5.82 Å². The highest BCUT2D eigenvalue weighted by molar-refractivity contribution is 7.92. The van der Waals surface area contributed by atoms with E-state index in [1.54, 1.807) is 0 Å². The van der Waals surface area contributed by atoms with Crippen LogP contribution < -0.4 is 14.8 Å². The van der Waals surface area contributed by atoms with Crippen LogP contribution in [0.15, 0.2) is 53.4 Å². The van der Waals surface area contributed by atoms with Gasteiger partial charge in [-0.05, 0) is 62.4 Å². The minimum atomic E-state index is -3.80. The number of hydrogen-bond acceptors (Lipinski definition) is 4. The quantitative estimate of drug-likeness (QED) is 0.789. The number of benzene rings is 2. The Bertz CT molecular complexity index is 819. The molecule has 0 aliphatic heterocycles. The third-order valence-corrected chi connectivity index (χ3v) is 4.45. The zero-order chi connectivity index (χ0) is 18.4. The van der Waals surface area contributed by atoms with Gasteiger partial charge in [0.2, 0.25) is 0 Å². The van der Waals surface area contributed by atoms with Crippen LogP contribution in [-0.4, -0.2) is 27.0 Å². The number of hydrogen-bond donors (Lipinski definition) is 2. The summed E-state index contributed by atoms with van der Waals surface area (Å²) in [4.78, 5) is 11.5. The minimum absolute atomic E-state index is 0.0150. The second kappa shape index (κ2) is 7.98. The van der Waals surface area contributed by atoms with Gasteiger partial charge in [0, 0.05) is 11.7 Å². The number of rotatable bonds is 7. The summed E-state index contributed by atoms with van der Waals surface area (Å²) in [5, 5.41) is 2.68. The van der Waals surface area contributed by atoms with E-state index < -0.39 is 15.8 Å². The summed E-state index contributed by atoms with van der Waals surface area (Å²) >= 11 is 0. The summed E-state index contributed by atoms with van der Waals surface area (Å²) in [5.74, 6) is -0.338. The highest BCUT2D eigenvalue weighted by atomic mass is 32.2. The summed E-state index contributed by atoms with van der Waals surface area (Å²) in [6.07, 6.45) is 0. The fourth-order valence-electron chi connectivity index (χ4n) is 1.96. The molecule has 2 aromatic carbocycles. The Morgan fingerprint density at radius 3 is 2.24 bits per heavy atom. The van der Waals surface area contributed by atoms with Crippen LogP contribution in [0.4, 0.5) is 10.1 Å². The fraction of sp³-hybridized carbons (Fsp3) is 0.235. The molecule has 2 rings (SSSR count). The maximum atomic E-state index is 12.9. The first-order valence-corrected chi connectivity index (χ1v) is 9.05. The van der Waals surface area contributed by atoms with Gasteiger partial charge in [0.05, 0.1) is 4.90 Å². The maximum absolute atomic E-state index is 12.9. The van der Waals surface area contributed by atoms with E-state index in [0.717, 1.165) is 12.1 Å². The molecular formula is C17H19FN2O4S. The first-order valence-electron chi connectivity index (χ1n) is 7.57. The molecule has 0 aromatic heterocycles. The molecule has 1 amide bonds. The van der Waals surface area contributed by atoms with Crippen molar-refractivity contribution in [2.24, 2.45) is 0 Å². The highest BCUT2D eigenvalue weighted by Gasteiger charge is 2.14. The van der Waals surface area contributed by atoms with Crippen molar-refractivity contribution in [3.05, 3.63) is 54.3 Å². The zero-order valence-electron chi connectivity index (χ0n) is 13.8. The van der Waals surface area contributed by atoms with E-state index in [1.165, 1.54) is 36.4 Å². The summed E-state index contributed by atoms with van der Waals surface area (Å²) < 4.78 is 45.1. The first kappa shape index (κ1) is 18.7. The van der Waals surface area contributed by atoms with Gasteiger partial charge in [-0.1, -0.05) is 0 Å². The molecule has 0 aliphatic carbocycles. The van der Waals surface area contributed by atoms with Crippen molar-refractivity contribution in [1.82, 2.24) is 5.32 Å². The number of nitrogens with one attached hydrogen (secondary N) is 2. The lowest BCUT2D eigenvalue weighted by Gasteiger charge is -2.11. The van der Waals surface area contributed by atoms with Gasteiger partial charge in [0.1, 0.15) is 11.6 Å². The normalized spacial score (nSPS) is 11.2. The predicted octanol–water partition coefficient (Wildman–Crippen LogP) is 2.53. The molecule has 0 spiro atoms. The third-order valence-electron chi connectivity index (χ3n) is 3.05. The standard InChI is InChI=1S/C17H19FN2O4S/c1-12(2)19-17(21)11-24-15-7-9-16(10-8-15)25(22,23)20-14-5-3-13(18)4-6-14/h3-10,12,20H,11H2,1-2H3,(H,19,21). The van der Waals surface area contributed by atoms with Crippen molar-refractivity contribution >= 4 is 21.6 Å². The molecule has 0 fully saturated rings. The Morgan fingerprint density at radius 1 is 1.08 bits per heavy atom. The van der Waals surface area contributed by atoms with Crippen LogP contribution in [0.1, 0.15) is 13.8 Å². The molecule has 0 aliphatic rings. The molecule has 2 aromatic rings. The van der Waals surface area contributed by atoms with Gasteiger partial charge in [-0.25, -0.2) is 12.8 Å². The third kappa shape index (κ3) is 5.75. The van der Waals surface area contributed by atoms with Crippen molar-refractivity contribution in [3.63, 3.8) is 0 Å². The van der Waals surface area contributed by atoms with Gasteiger partial charge in [0.25, 0.3) is 15.9 Å². The van der Waals surface area contributed by atoms with Crippen molar-refractivity contribution in [2.45, 2.75) is 24.8 Å². The molecule has 0 saturated carbocycles. The van der Waals surface area contributed by atoms with E-state index in [4.69, 9.17) is 4.74 Å². The van der Waals surface area contributed by atoms with E-state index in [9.17, 15) is 17.6 Å². The minimum Gasteiger partial charge on any atom is -0.484 e. The Morgan fingerprint density at radius 2 is 1.68 bits per heavy atom. The van der Waals surface area contributed by atoms with Crippen molar-refractivity contribution < 1.29 is 22.3 Å². The molecular weight excluding hydrogens is 347 g/mol. The van der Waals surface area contributed by atoms with E-state index in [1.807, 2.05) is 13.8 Å². The lowest BCUT2D eigenvalue weighted by Crippen LogP contribution is -2.34. The molecule has 0 atom stereocenters. The number of halogens is 1. The van der Waals surface area contributed by atoms with Gasteiger partial charge in [-0.15, -0.1) is 0 Å². The van der Waals surface area contributed by atoms with E-state index in [2.05, 4.69) is 10.0 Å². The Hall–Kier alpha value is -2.61. The number of carbonyl (C=O) groups is 1. The highest BCUT2D eigenvalue weighted by Crippen LogP contribution is 2.19. The van der Waals surface area contributed by atoms with Gasteiger partial charge in [0.15, 0.2) is 6.61 Å². The van der Waals surface area contributed by atoms with Gasteiger partial charge >= 0.3 is 0 Å². The first-order chi connectivity index (χ1) is 11.8. The summed E-state index contributed by atoms with van der Waals surface area (Å²) in [6.45, 7) is 3.52. The lowest BCUT2D eigenvalue weighted by molar-refractivity contribution is -0.123. The van der Waals surface area contributed by atoms with E-state index in [-0.39, 0.29) is 29.1 Å². The maximum Gasteiger partial charge on any atom is 0.261 e. The number of ether oxygens (including phenoxy) is 1. The Labute approximate surface area is 146 Å². The second-order valence-electron chi connectivity index (χ2n) is 5.59. The fourth-order valence-corrected chi connectivity index (χ4v) is 3.02. The summed E-state index contributed by atoms with van der Waals surface area (Å²) in [6, 6.07) is 10.7. The van der Waals surface area contributed by atoms with E-state index in [0.29, 0.717) is 5.75 Å². The largest absolute Gasteiger partial charge is 0.484 e. The number of carbonyl (C=O) groups excluding carboxylic acids is 1. The van der Waals surface area contributed by atoms with Crippen LogP contribution in [0.3, 0.4) is 0 Å². The zero-order valence-corrected chi connectivity index (χ0v) is 14.6. The molecule has 6 nitrogen and oxygen atoms in total. The van der Waals surface area contributed by atoms with Gasteiger partial charge in [-0.2, -0.15) is 0 Å². The van der Waals surface area contributed by atoms with Crippen LogP contribution in [0.25, 0.3) is 0 Å². The molecule has 0 heterocycles. The van der Waals surface area contributed by atoms with E-state index >= 15 is 0 Å². The molecule has 2 N–H and O–H groups in total. The molecule has 0 unspecified atom stereocenters. The smallest absolute Gasteiger partial charge is 0.261 e. The summed E-state index contributed by atoms with van der Waals surface area (Å²) in [5.41, 5.74) is 0.257. The number of sulfonamides is 1. The Kier molecular flexibility index (Phi) is 5.97. The Balaban J connectivity index is 2.00. The summed E-state index contributed by atoms with van der Waals surface area (Å²) in [7, 11) is -3.80. The second-order valence-corrected chi connectivity index (χ2v) is 7.28. The van der Waals surface area contributed by atoms with Crippen LogP contribution in [0.5, 0.6) is 5.75 Å². The number of amides is 1. The van der Waals surface area contributed by atoms with Crippen LogP contribution >= 0.6 is 0 Å². The molecule has 0 saturated heterocycles. The average molecular weight is 366 g/mol. The molecule has 8 heteroatoms. The monoisotopic (exact) mass is 366 g/mol. The predicted molar refractivity (Wildman–Crippen MR) is 92.4 cm³/mol. The number of anilines is 1. The topological polar surface area (TPSA) is 84.5 Å². The molecule has 25 heavy (non-hydrogen) atoms. The van der Waals surface area contributed by atoms with Crippen molar-refractivity contribution in [3.8, 4) is 5.75 Å². The molecule has 0 radical (unpaired) electrons. The van der Waals surface area contributed by atoms with Gasteiger partial charge in [-0.3, -0.25) is 9.52 Å². The van der Waals surface area contributed by atoms with Crippen molar-refractivity contribution in [1.29, 1.82) is 0 Å². The SMILES string of the molecule is CC(C)NC(=O)COc1ccc(S(=O)(=O)Nc2ccc(F)cc2)cc1. The average Bonchev–Trinajstić information content (AvgIpc) is 2.55. The lowest BCUT2D eigenvalue weighted by atomic mass is 10.3. The van der Waals surface area contributed by atoms with Crippen LogP contribution in [0.2, 0.25) is 0 Å². The van der Waals surface area contributed by atoms with Gasteiger partial charge < -0.3 is 10.1 Å². The van der Waals surface area contributed by atoms with Crippen molar-refractivity contribution in [2.75, 3.05) is 11.3 Å². The van der Waals surface area contributed by atoms with Crippen LogP contribution in [-0.2, 0) is 14.8 Å². The molecule has 134 valence electrons.